The molecule has 0 N–H and O–H groups in total. The summed E-state index contributed by atoms with van der Waals surface area (Å²) in [5.41, 5.74) is 0.899. The monoisotopic (exact) mass is 312 g/mol. The molecule has 6 nitrogen and oxygen atoms in total. The molecule has 0 aliphatic carbocycles. The Kier molecular flexibility index (Phi) is 4.80. The van der Waals surface area contributed by atoms with Crippen molar-refractivity contribution in [2.75, 3.05) is 24.6 Å². The SMILES string of the molecule is CCOC(=O)C1CCN(c2ccc(-c3ncccn3)cn2)CC1. The molecule has 1 fully saturated rings. The highest BCUT2D eigenvalue weighted by Crippen LogP contribution is 2.24. The Bertz CT molecular complexity index is 637. The van der Waals surface area contributed by atoms with E-state index in [9.17, 15) is 4.79 Å². The largest absolute Gasteiger partial charge is 0.466 e. The maximum absolute atomic E-state index is 11.8. The quantitative estimate of drug-likeness (QED) is 0.807. The normalized spacial score (nSPS) is 15.4. The van der Waals surface area contributed by atoms with Crippen LogP contribution in [0, 0.1) is 5.92 Å². The highest BCUT2D eigenvalue weighted by atomic mass is 16.5. The van der Waals surface area contributed by atoms with Gasteiger partial charge < -0.3 is 9.64 Å². The van der Waals surface area contributed by atoms with Crippen LogP contribution in [0.2, 0.25) is 0 Å². The van der Waals surface area contributed by atoms with Gasteiger partial charge >= 0.3 is 5.97 Å². The summed E-state index contributed by atoms with van der Waals surface area (Å²) in [6.07, 6.45) is 6.85. The fourth-order valence-electron chi connectivity index (χ4n) is 2.76. The molecule has 0 unspecified atom stereocenters. The van der Waals surface area contributed by atoms with Crippen LogP contribution in [-0.4, -0.2) is 40.6 Å². The maximum Gasteiger partial charge on any atom is 0.309 e. The average molecular weight is 312 g/mol. The highest BCUT2D eigenvalue weighted by Gasteiger charge is 2.26. The predicted molar refractivity (Wildman–Crippen MR) is 86.8 cm³/mol. The van der Waals surface area contributed by atoms with E-state index in [1.54, 1.807) is 24.7 Å². The minimum atomic E-state index is -0.0725. The van der Waals surface area contributed by atoms with Crippen molar-refractivity contribution in [2.45, 2.75) is 19.8 Å². The smallest absolute Gasteiger partial charge is 0.309 e. The summed E-state index contributed by atoms with van der Waals surface area (Å²) in [5.74, 6) is 1.54. The summed E-state index contributed by atoms with van der Waals surface area (Å²) in [6, 6.07) is 5.75. The minimum Gasteiger partial charge on any atom is -0.466 e. The van der Waals surface area contributed by atoms with E-state index >= 15 is 0 Å². The molecule has 1 aliphatic heterocycles. The third kappa shape index (κ3) is 3.64. The van der Waals surface area contributed by atoms with Crippen molar-refractivity contribution in [1.29, 1.82) is 0 Å². The fourth-order valence-corrected chi connectivity index (χ4v) is 2.76. The van der Waals surface area contributed by atoms with Crippen LogP contribution in [0.5, 0.6) is 0 Å². The van der Waals surface area contributed by atoms with Gasteiger partial charge in [-0.2, -0.15) is 0 Å². The molecular formula is C17H20N4O2. The second kappa shape index (κ2) is 7.17. The van der Waals surface area contributed by atoms with Crippen molar-refractivity contribution < 1.29 is 9.53 Å². The first kappa shape index (κ1) is 15.4. The van der Waals surface area contributed by atoms with Gasteiger partial charge in [0.15, 0.2) is 5.82 Å². The van der Waals surface area contributed by atoms with Crippen LogP contribution in [0.25, 0.3) is 11.4 Å². The molecule has 0 spiro atoms. The number of nitrogens with zero attached hydrogens (tertiary/aromatic N) is 4. The summed E-state index contributed by atoms with van der Waals surface area (Å²) >= 11 is 0. The zero-order valence-electron chi connectivity index (χ0n) is 13.2. The van der Waals surface area contributed by atoms with Gasteiger partial charge in [0.25, 0.3) is 0 Å². The number of carbonyl (C=O) groups excluding carboxylic acids is 1. The third-order valence-corrected chi connectivity index (χ3v) is 4.01. The zero-order valence-corrected chi connectivity index (χ0v) is 13.2. The van der Waals surface area contributed by atoms with Crippen molar-refractivity contribution in [3.8, 4) is 11.4 Å². The van der Waals surface area contributed by atoms with E-state index in [1.807, 2.05) is 19.1 Å². The van der Waals surface area contributed by atoms with Gasteiger partial charge in [-0.05, 0) is 38.0 Å². The number of anilines is 1. The van der Waals surface area contributed by atoms with Crippen LogP contribution in [0.3, 0.4) is 0 Å². The van der Waals surface area contributed by atoms with Crippen molar-refractivity contribution >= 4 is 11.8 Å². The summed E-state index contributed by atoms with van der Waals surface area (Å²) < 4.78 is 5.10. The molecule has 120 valence electrons. The van der Waals surface area contributed by atoms with Crippen molar-refractivity contribution in [3.05, 3.63) is 36.8 Å². The number of hydrogen-bond acceptors (Lipinski definition) is 6. The minimum absolute atomic E-state index is 0.0168. The van der Waals surface area contributed by atoms with Crippen LogP contribution in [0.15, 0.2) is 36.8 Å². The van der Waals surface area contributed by atoms with Crippen LogP contribution < -0.4 is 4.90 Å². The molecule has 1 aliphatic rings. The Morgan fingerprint density at radius 1 is 1.22 bits per heavy atom. The summed E-state index contributed by atoms with van der Waals surface area (Å²) in [5, 5.41) is 0. The summed E-state index contributed by atoms with van der Waals surface area (Å²) in [4.78, 5) is 26.9. The maximum atomic E-state index is 11.8. The van der Waals surface area contributed by atoms with Crippen LogP contribution in [-0.2, 0) is 9.53 Å². The fraction of sp³-hybridized carbons (Fsp3) is 0.412. The zero-order chi connectivity index (χ0) is 16.1. The number of hydrogen-bond donors (Lipinski definition) is 0. The Hall–Kier alpha value is -2.50. The predicted octanol–water partition coefficient (Wildman–Crippen LogP) is 2.32. The lowest BCUT2D eigenvalue weighted by Crippen LogP contribution is -2.37. The first-order valence-electron chi connectivity index (χ1n) is 7.93. The molecule has 0 atom stereocenters. The standard InChI is InChI=1S/C17H20N4O2/c1-2-23-17(22)13-6-10-21(11-7-13)15-5-4-14(12-20-15)16-18-8-3-9-19-16/h3-5,8-9,12-13H,2,6-7,10-11H2,1H3. The van der Waals surface area contributed by atoms with Gasteiger partial charge in [0.05, 0.1) is 12.5 Å². The Morgan fingerprint density at radius 3 is 2.57 bits per heavy atom. The topological polar surface area (TPSA) is 68.2 Å². The molecular weight excluding hydrogens is 292 g/mol. The van der Waals surface area contributed by atoms with E-state index in [4.69, 9.17) is 4.74 Å². The Morgan fingerprint density at radius 2 is 1.96 bits per heavy atom. The first-order chi connectivity index (χ1) is 11.3. The molecule has 23 heavy (non-hydrogen) atoms. The van der Waals surface area contributed by atoms with Crippen LogP contribution >= 0.6 is 0 Å². The second-order valence-corrected chi connectivity index (χ2v) is 5.49. The molecule has 1 saturated heterocycles. The van der Waals surface area contributed by atoms with Gasteiger partial charge in [-0.1, -0.05) is 0 Å². The molecule has 0 saturated carbocycles. The molecule has 3 rings (SSSR count). The van der Waals surface area contributed by atoms with Gasteiger partial charge in [-0.15, -0.1) is 0 Å². The summed E-state index contributed by atoms with van der Waals surface area (Å²) in [6.45, 7) is 3.92. The Labute approximate surface area is 135 Å². The van der Waals surface area contributed by atoms with Gasteiger partial charge in [0, 0.05) is 37.2 Å². The van der Waals surface area contributed by atoms with E-state index in [-0.39, 0.29) is 11.9 Å². The van der Waals surface area contributed by atoms with Crippen molar-refractivity contribution in [2.24, 2.45) is 5.92 Å². The number of aromatic nitrogens is 3. The second-order valence-electron chi connectivity index (χ2n) is 5.49. The van der Waals surface area contributed by atoms with Crippen molar-refractivity contribution in [1.82, 2.24) is 15.0 Å². The molecule has 3 heterocycles. The van der Waals surface area contributed by atoms with Gasteiger partial charge in [0.1, 0.15) is 5.82 Å². The van der Waals surface area contributed by atoms with Gasteiger partial charge in [-0.25, -0.2) is 15.0 Å². The number of ether oxygens (including phenoxy) is 1. The van der Waals surface area contributed by atoms with Gasteiger partial charge in [-0.3, -0.25) is 4.79 Å². The van der Waals surface area contributed by atoms with E-state index in [0.29, 0.717) is 12.4 Å². The van der Waals surface area contributed by atoms with Gasteiger partial charge in [0.2, 0.25) is 0 Å². The van der Waals surface area contributed by atoms with E-state index in [1.165, 1.54) is 0 Å². The summed E-state index contributed by atoms with van der Waals surface area (Å²) in [7, 11) is 0. The molecule has 0 amide bonds. The van der Waals surface area contributed by atoms with E-state index in [2.05, 4.69) is 19.9 Å². The molecule has 2 aromatic heterocycles. The molecule has 0 aromatic carbocycles. The first-order valence-corrected chi connectivity index (χ1v) is 7.93. The molecule has 0 bridgehead atoms. The number of pyridine rings is 1. The lowest BCUT2D eigenvalue weighted by Gasteiger charge is -2.31. The highest BCUT2D eigenvalue weighted by molar-refractivity contribution is 5.72. The van der Waals surface area contributed by atoms with E-state index in [0.717, 1.165) is 37.3 Å². The van der Waals surface area contributed by atoms with Crippen LogP contribution in [0.4, 0.5) is 5.82 Å². The third-order valence-electron chi connectivity index (χ3n) is 4.01. The number of esters is 1. The van der Waals surface area contributed by atoms with Crippen LogP contribution in [0.1, 0.15) is 19.8 Å². The number of carbonyl (C=O) groups is 1. The van der Waals surface area contributed by atoms with Crippen molar-refractivity contribution in [3.63, 3.8) is 0 Å². The molecule has 6 heteroatoms. The average Bonchev–Trinajstić information content (AvgIpc) is 2.63. The number of rotatable bonds is 4. The number of piperidine rings is 1. The molecule has 2 aromatic rings. The van der Waals surface area contributed by atoms with E-state index < -0.39 is 0 Å². The molecule has 0 radical (unpaired) electrons. The Balaban J connectivity index is 1.62. The lowest BCUT2D eigenvalue weighted by atomic mass is 9.97. The lowest BCUT2D eigenvalue weighted by molar-refractivity contribution is -0.148.